The van der Waals surface area contributed by atoms with Crippen LogP contribution in [0.2, 0.25) is 0 Å². The monoisotopic (exact) mass is 571 g/mol. The van der Waals surface area contributed by atoms with Crippen LogP contribution < -0.4 is 14.9 Å². The Kier molecular flexibility index (Phi) is 11.9. The molecular formula is C29H41N5O3S2. The van der Waals surface area contributed by atoms with Gasteiger partial charge in [0.25, 0.3) is 10.0 Å². The molecule has 0 spiro atoms. The Morgan fingerprint density at radius 3 is 2.05 bits per heavy atom. The Labute approximate surface area is 237 Å². The zero-order valence-electron chi connectivity index (χ0n) is 23.4. The van der Waals surface area contributed by atoms with Gasteiger partial charge in [-0.25, -0.2) is 22.9 Å². The molecule has 0 aliphatic carbocycles. The van der Waals surface area contributed by atoms with Crippen LogP contribution in [-0.2, 0) is 10.0 Å². The summed E-state index contributed by atoms with van der Waals surface area (Å²) in [5, 5.41) is 3.35. The number of sulfonamides is 1. The molecule has 39 heavy (non-hydrogen) atoms. The third-order valence-corrected chi connectivity index (χ3v) is 9.69. The van der Waals surface area contributed by atoms with E-state index < -0.39 is 10.0 Å². The van der Waals surface area contributed by atoms with Crippen molar-refractivity contribution in [1.29, 1.82) is 0 Å². The molecule has 2 N–H and O–H groups in total. The highest BCUT2D eigenvalue weighted by molar-refractivity contribution is 7.91. The van der Waals surface area contributed by atoms with Gasteiger partial charge in [-0.05, 0) is 76.1 Å². The van der Waals surface area contributed by atoms with Crippen molar-refractivity contribution in [3.05, 3.63) is 60.3 Å². The summed E-state index contributed by atoms with van der Waals surface area (Å²) >= 11 is 1.01. The fourth-order valence-electron chi connectivity index (χ4n) is 4.23. The minimum Gasteiger partial charge on any atom is -0.307 e. The Morgan fingerprint density at radius 2 is 1.46 bits per heavy atom. The second-order valence-corrected chi connectivity index (χ2v) is 12.6. The number of rotatable bonds is 15. The van der Waals surface area contributed by atoms with E-state index in [9.17, 15) is 13.2 Å². The lowest BCUT2D eigenvalue weighted by atomic mass is 10.1. The van der Waals surface area contributed by atoms with Gasteiger partial charge in [-0.2, -0.15) is 0 Å². The maximum atomic E-state index is 13.5. The molecule has 8 nitrogen and oxygen atoms in total. The van der Waals surface area contributed by atoms with Crippen LogP contribution in [-0.4, -0.2) is 57.6 Å². The maximum Gasteiger partial charge on any atom is 0.328 e. The molecule has 2 aromatic carbocycles. The maximum absolute atomic E-state index is 13.5. The van der Waals surface area contributed by atoms with Gasteiger partial charge in [-0.3, -0.25) is 4.90 Å². The van der Waals surface area contributed by atoms with Crippen molar-refractivity contribution in [3.63, 3.8) is 0 Å². The highest BCUT2D eigenvalue weighted by Crippen LogP contribution is 2.30. The quantitative estimate of drug-likeness (QED) is 0.221. The molecule has 3 aromatic rings. The predicted octanol–water partition coefficient (Wildman–Crippen LogP) is 6.36. The third kappa shape index (κ3) is 8.86. The zero-order valence-corrected chi connectivity index (χ0v) is 25.1. The van der Waals surface area contributed by atoms with E-state index >= 15 is 0 Å². The first-order valence-electron chi connectivity index (χ1n) is 13.7. The van der Waals surface area contributed by atoms with Crippen molar-refractivity contribution >= 4 is 38.2 Å². The van der Waals surface area contributed by atoms with Gasteiger partial charge in [0.2, 0.25) is 0 Å². The molecule has 1 aromatic heterocycles. The molecule has 0 aliphatic rings. The molecule has 0 saturated heterocycles. The number of benzene rings is 2. The summed E-state index contributed by atoms with van der Waals surface area (Å²) in [7, 11) is -2.30. The molecule has 10 heteroatoms. The smallest absolute Gasteiger partial charge is 0.307 e. The molecule has 3 rings (SSSR count). The number of anilines is 2. The van der Waals surface area contributed by atoms with Gasteiger partial charge < -0.3 is 10.2 Å². The van der Waals surface area contributed by atoms with Crippen molar-refractivity contribution in [2.45, 2.75) is 57.1 Å². The van der Waals surface area contributed by atoms with E-state index in [-0.39, 0.29) is 10.2 Å². The molecule has 1 heterocycles. The number of hydrogen-bond donors (Lipinski definition) is 2. The number of aryl methyl sites for hydroxylation is 1. The van der Waals surface area contributed by atoms with Gasteiger partial charge in [0.15, 0.2) is 9.34 Å². The van der Waals surface area contributed by atoms with E-state index in [1.807, 2.05) is 54.6 Å². The standard InChI is InChI=1S/C29H41N5O3S2/c1-5-7-19-33(20-8-6-2)21-12-22-34(29-31-23(3)27(38-29)39(36,37)30-4)28(35)32-26-17-15-25(16-18-26)24-13-10-9-11-14-24/h9-11,13-18,30H,5-8,12,19-22H2,1-4H3,(H,32,35). The summed E-state index contributed by atoms with van der Waals surface area (Å²) in [5.41, 5.74) is 3.20. The summed E-state index contributed by atoms with van der Waals surface area (Å²) in [4.78, 5) is 22.0. The third-order valence-electron chi connectivity index (χ3n) is 6.49. The number of aromatic nitrogens is 1. The second kappa shape index (κ2) is 15.1. The topological polar surface area (TPSA) is 94.6 Å². The van der Waals surface area contributed by atoms with Crippen LogP contribution in [0, 0.1) is 6.92 Å². The predicted molar refractivity (Wildman–Crippen MR) is 162 cm³/mol. The molecule has 0 radical (unpaired) electrons. The summed E-state index contributed by atoms with van der Waals surface area (Å²) in [6, 6.07) is 17.4. The van der Waals surface area contributed by atoms with E-state index in [1.165, 1.54) is 7.05 Å². The number of unbranched alkanes of at least 4 members (excludes halogenated alkanes) is 2. The normalized spacial score (nSPS) is 11.6. The van der Waals surface area contributed by atoms with Crippen molar-refractivity contribution in [1.82, 2.24) is 14.6 Å². The molecule has 2 amide bonds. The Hall–Kier alpha value is -2.79. The van der Waals surface area contributed by atoms with Crippen molar-refractivity contribution in [3.8, 4) is 11.1 Å². The van der Waals surface area contributed by atoms with E-state index in [0.29, 0.717) is 23.1 Å². The van der Waals surface area contributed by atoms with E-state index in [2.05, 4.69) is 33.8 Å². The molecule has 0 aliphatic heterocycles. The number of carbonyl (C=O) groups is 1. The second-order valence-electron chi connectivity index (χ2n) is 9.50. The first-order valence-corrected chi connectivity index (χ1v) is 16.0. The van der Waals surface area contributed by atoms with Crippen LogP contribution in [0.4, 0.5) is 15.6 Å². The van der Waals surface area contributed by atoms with Gasteiger partial charge in [-0.1, -0.05) is 80.5 Å². The first kappa shape index (κ1) is 30.7. The number of amides is 2. The van der Waals surface area contributed by atoms with Gasteiger partial charge in [0.1, 0.15) is 0 Å². The highest BCUT2D eigenvalue weighted by atomic mass is 32.2. The molecule has 0 atom stereocenters. The number of thiazole rings is 1. The average molecular weight is 572 g/mol. The fraction of sp³-hybridized carbons (Fsp3) is 0.448. The molecular weight excluding hydrogens is 530 g/mol. The Balaban J connectivity index is 1.79. The van der Waals surface area contributed by atoms with Gasteiger partial charge >= 0.3 is 6.03 Å². The molecule has 212 valence electrons. The molecule has 0 bridgehead atoms. The summed E-state index contributed by atoms with van der Waals surface area (Å²) < 4.78 is 27.5. The van der Waals surface area contributed by atoms with Crippen LogP contribution in [0.1, 0.15) is 51.6 Å². The highest BCUT2D eigenvalue weighted by Gasteiger charge is 2.26. The number of hydrogen-bond acceptors (Lipinski definition) is 6. The van der Waals surface area contributed by atoms with Crippen LogP contribution in [0.15, 0.2) is 58.8 Å². The summed E-state index contributed by atoms with van der Waals surface area (Å²) in [6.45, 7) is 9.40. The van der Waals surface area contributed by atoms with E-state index in [4.69, 9.17) is 0 Å². The average Bonchev–Trinajstić information content (AvgIpc) is 3.34. The Bertz CT molecular complexity index is 1270. The van der Waals surface area contributed by atoms with Crippen LogP contribution in [0.5, 0.6) is 0 Å². The largest absolute Gasteiger partial charge is 0.328 e. The first-order chi connectivity index (χ1) is 18.8. The summed E-state index contributed by atoms with van der Waals surface area (Å²) in [5.74, 6) is 0. The van der Waals surface area contributed by atoms with Crippen molar-refractivity contribution in [2.75, 3.05) is 43.4 Å². The number of carbonyl (C=O) groups excluding carboxylic acids is 1. The number of nitrogens with zero attached hydrogens (tertiary/aromatic N) is 3. The van der Waals surface area contributed by atoms with Crippen molar-refractivity contribution in [2.24, 2.45) is 0 Å². The SMILES string of the molecule is CCCCN(CCCC)CCCN(C(=O)Nc1ccc(-c2ccccc2)cc1)c1nc(C)c(S(=O)(=O)NC)s1. The fourth-order valence-corrected chi connectivity index (χ4v) is 6.59. The van der Waals surface area contributed by atoms with Crippen LogP contribution >= 0.6 is 11.3 Å². The molecule has 0 saturated carbocycles. The van der Waals surface area contributed by atoms with Crippen LogP contribution in [0.3, 0.4) is 0 Å². The van der Waals surface area contributed by atoms with Crippen molar-refractivity contribution < 1.29 is 13.2 Å². The van der Waals surface area contributed by atoms with Gasteiger partial charge in [0, 0.05) is 12.2 Å². The minimum absolute atomic E-state index is 0.123. The molecule has 0 fully saturated rings. The van der Waals surface area contributed by atoms with E-state index in [0.717, 1.165) is 74.2 Å². The number of nitrogens with one attached hydrogen (secondary N) is 2. The lowest BCUT2D eigenvalue weighted by molar-refractivity contribution is 0.252. The van der Waals surface area contributed by atoms with E-state index in [1.54, 1.807) is 11.8 Å². The lowest BCUT2D eigenvalue weighted by Crippen LogP contribution is -2.37. The number of urea groups is 1. The van der Waals surface area contributed by atoms with Crippen LogP contribution in [0.25, 0.3) is 11.1 Å². The van der Waals surface area contributed by atoms with Gasteiger partial charge in [0.05, 0.1) is 5.69 Å². The Morgan fingerprint density at radius 1 is 0.872 bits per heavy atom. The minimum atomic E-state index is -3.67. The zero-order chi connectivity index (χ0) is 28.3. The molecule has 0 unspecified atom stereocenters. The van der Waals surface area contributed by atoms with Gasteiger partial charge in [-0.15, -0.1) is 0 Å². The summed E-state index contributed by atoms with van der Waals surface area (Å²) in [6.07, 6.45) is 5.32. The lowest BCUT2D eigenvalue weighted by Gasteiger charge is -2.25.